The van der Waals surface area contributed by atoms with Crippen LogP contribution >= 0.6 is 0 Å². The van der Waals surface area contributed by atoms with E-state index < -0.39 is 0 Å². The van der Waals surface area contributed by atoms with Crippen LogP contribution < -0.4 is 11.1 Å². The third kappa shape index (κ3) is 4.30. The van der Waals surface area contributed by atoms with E-state index in [1.54, 1.807) is 0 Å². The third-order valence-electron chi connectivity index (χ3n) is 4.35. The number of carbonyl (C=O) groups excluding carboxylic acids is 1. The molecule has 0 spiro atoms. The highest BCUT2D eigenvalue weighted by Gasteiger charge is 2.27. The van der Waals surface area contributed by atoms with E-state index >= 15 is 0 Å². The summed E-state index contributed by atoms with van der Waals surface area (Å²) >= 11 is 0. The molecule has 3 heteroatoms. The minimum absolute atomic E-state index is 0.198. The number of rotatable bonds is 5. The summed E-state index contributed by atoms with van der Waals surface area (Å²) in [6, 6.07) is 0.283. The summed E-state index contributed by atoms with van der Waals surface area (Å²) in [7, 11) is 0. The van der Waals surface area contributed by atoms with Crippen LogP contribution in [0.3, 0.4) is 0 Å². The van der Waals surface area contributed by atoms with Crippen LogP contribution in [-0.2, 0) is 4.79 Å². The maximum absolute atomic E-state index is 12.1. The van der Waals surface area contributed by atoms with Gasteiger partial charge in [0.15, 0.2) is 0 Å². The fourth-order valence-electron chi connectivity index (χ4n) is 2.58. The second kappa shape index (κ2) is 7.00. The lowest BCUT2D eigenvalue weighted by Crippen LogP contribution is -2.42. The van der Waals surface area contributed by atoms with Gasteiger partial charge in [-0.25, -0.2) is 0 Å². The Morgan fingerprint density at radius 3 is 2.71 bits per heavy atom. The molecule has 3 nitrogen and oxygen atoms in total. The molecule has 1 fully saturated rings. The Morgan fingerprint density at radius 2 is 2.12 bits per heavy atom. The summed E-state index contributed by atoms with van der Waals surface area (Å²) < 4.78 is 0. The Hall–Kier alpha value is -0.570. The normalized spacial score (nSPS) is 28.5. The number of nitrogens with two attached hydrogens (primary N) is 1. The number of hydrogen-bond donors (Lipinski definition) is 2. The first kappa shape index (κ1) is 14.5. The molecule has 0 saturated heterocycles. The summed E-state index contributed by atoms with van der Waals surface area (Å²) in [5.41, 5.74) is 5.70. The van der Waals surface area contributed by atoms with Gasteiger partial charge in [0.25, 0.3) is 0 Å². The van der Waals surface area contributed by atoms with Gasteiger partial charge in [0.05, 0.1) is 0 Å². The van der Waals surface area contributed by atoms with E-state index in [0.717, 1.165) is 32.2 Å². The quantitative estimate of drug-likeness (QED) is 0.774. The van der Waals surface area contributed by atoms with Crippen molar-refractivity contribution < 1.29 is 4.79 Å². The van der Waals surface area contributed by atoms with Gasteiger partial charge in [-0.3, -0.25) is 4.79 Å². The molecule has 3 N–H and O–H groups in total. The van der Waals surface area contributed by atoms with Crippen LogP contribution in [0.2, 0.25) is 0 Å². The highest BCUT2D eigenvalue weighted by Crippen LogP contribution is 2.28. The topological polar surface area (TPSA) is 55.1 Å². The summed E-state index contributed by atoms with van der Waals surface area (Å²) in [5, 5.41) is 3.17. The first-order valence-electron chi connectivity index (χ1n) is 7.08. The lowest BCUT2D eigenvalue weighted by atomic mass is 9.81. The monoisotopic (exact) mass is 240 g/mol. The molecular formula is C14H28N2O. The number of carbonyl (C=O) groups is 1. The number of amides is 1. The van der Waals surface area contributed by atoms with Crippen molar-refractivity contribution in [2.24, 2.45) is 23.5 Å². The van der Waals surface area contributed by atoms with E-state index in [1.165, 1.54) is 6.42 Å². The van der Waals surface area contributed by atoms with Crippen molar-refractivity contribution in [1.29, 1.82) is 0 Å². The Morgan fingerprint density at radius 1 is 1.41 bits per heavy atom. The second-order valence-electron chi connectivity index (χ2n) is 5.65. The molecule has 100 valence electrons. The molecule has 4 unspecified atom stereocenters. The van der Waals surface area contributed by atoms with Crippen LogP contribution in [0, 0.1) is 17.8 Å². The summed E-state index contributed by atoms with van der Waals surface area (Å²) in [6.07, 6.45) is 5.47. The zero-order valence-corrected chi connectivity index (χ0v) is 11.5. The van der Waals surface area contributed by atoms with Gasteiger partial charge in [-0.15, -0.1) is 0 Å². The van der Waals surface area contributed by atoms with Crippen LogP contribution in [0.25, 0.3) is 0 Å². The maximum Gasteiger partial charge on any atom is 0.223 e. The van der Waals surface area contributed by atoms with Crippen molar-refractivity contribution in [2.75, 3.05) is 6.54 Å². The van der Waals surface area contributed by atoms with Crippen LogP contribution in [0.4, 0.5) is 0 Å². The lowest BCUT2D eigenvalue weighted by molar-refractivity contribution is -0.127. The van der Waals surface area contributed by atoms with E-state index in [0.29, 0.717) is 11.8 Å². The minimum Gasteiger partial charge on any atom is -0.353 e. The van der Waals surface area contributed by atoms with Crippen molar-refractivity contribution >= 4 is 5.91 Å². The van der Waals surface area contributed by atoms with Crippen molar-refractivity contribution in [1.82, 2.24) is 5.32 Å². The predicted octanol–water partition coefficient (Wildman–Crippen LogP) is 2.30. The first-order valence-corrected chi connectivity index (χ1v) is 7.08. The molecule has 1 aliphatic carbocycles. The van der Waals surface area contributed by atoms with Crippen LogP contribution in [0.15, 0.2) is 0 Å². The molecular weight excluding hydrogens is 212 g/mol. The molecule has 0 aromatic heterocycles. The molecule has 4 atom stereocenters. The van der Waals surface area contributed by atoms with Gasteiger partial charge < -0.3 is 11.1 Å². The van der Waals surface area contributed by atoms with Crippen molar-refractivity contribution in [3.05, 3.63) is 0 Å². The summed E-state index contributed by atoms with van der Waals surface area (Å²) in [5.74, 6) is 1.55. The van der Waals surface area contributed by atoms with E-state index in [4.69, 9.17) is 5.73 Å². The Bertz CT molecular complexity index is 242. The molecule has 0 aliphatic heterocycles. The summed E-state index contributed by atoms with van der Waals surface area (Å²) in [6.45, 7) is 7.19. The second-order valence-corrected chi connectivity index (χ2v) is 5.65. The van der Waals surface area contributed by atoms with Crippen LogP contribution in [0.5, 0.6) is 0 Å². The molecule has 1 amide bonds. The third-order valence-corrected chi connectivity index (χ3v) is 4.35. The van der Waals surface area contributed by atoms with Gasteiger partial charge in [0, 0.05) is 12.0 Å². The smallest absolute Gasteiger partial charge is 0.223 e. The Balaban J connectivity index is 2.41. The molecule has 1 rings (SSSR count). The Kier molecular flexibility index (Phi) is 5.96. The Labute approximate surface area is 106 Å². The van der Waals surface area contributed by atoms with E-state index in [-0.39, 0.29) is 17.9 Å². The molecule has 17 heavy (non-hydrogen) atoms. The molecule has 1 aliphatic rings. The minimum atomic E-state index is 0.198. The molecule has 0 bridgehead atoms. The SMILES string of the molecule is CCC(C)C(C)NC(=O)C1CCCC(CN)C1. The van der Waals surface area contributed by atoms with Crippen molar-refractivity contribution in [3.8, 4) is 0 Å². The zero-order valence-electron chi connectivity index (χ0n) is 11.5. The van der Waals surface area contributed by atoms with Gasteiger partial charge in [-0.2, -0.15) is 0 Å². The van der Waals surface area contributed by atoms with Crippen molar-refractivity contribution in [3.63, 3.8) is 0 Å². The number of nitrogens with one attached hydrogen (secondary N) is 1. The summed E-state index contributed by atoms with van der Waals surface area (Å²) in [4.78, 5) is 12.1. The molecule has 0 radical (unpaired) electrons. The fourth-order valence-corrected chi connectivity index (χ4v) is 2.58. The van der Waals surface area contributed by atoms with E-state index in [1.807, 2.05) is 0 Å². The first-order chi connectivity index (χ1) is 8.08. The highest BCUT2D eigenvalue weighted by molar-refractivity contribution is 5.79. The van der Waals surface area contributed by atoms with Crippen LogP contribution in [-0.4, -0.2) is 18.5 Å². The molecule has 0 aromatic carbocycles. The van der Waals surface area contributed by atoms with Gasteiger partial charge >= 0.3 is 0 Å². The standard InChI is InChI=1S/C14H28N2O/c1-4-10(2)11(3)16-14(17)13-7-5-6-12(8-13)9-15/h10-13H,4-9,15H2,1-3H3,(H,16,17). The molecule has 0 heterocycles. The van der Waals surface area contributed by atoms with Gasteiger partial charge in [0.1, 0.15) is 0 Å². The lowest BCUT2D eigenvalue weighted by Gasteiger charge is -2.29. The predicted molar refractivity (Wildman–Crippen MR) is 71.6 cm³/mol. The largest absolute Gasteiger partial charge is 0.353 e. The number of hydrogen-bond acceptors (Lipinski definition) is 2. The fraction of sp³-hybridized carbons (Fsp3) is 0.929. The van der Waals surface area contributed by atoms with Gasteiger partial charge in [-0.05, 0) is 44.6 Å². The average Bonchev–Trinajstić information content (AvgIpc) is 2.37. The highest BCUT2D eigenvalue weighted by atomic mass is 16.1. The average molecular weight is 240 g/mol. The maximum atomic E-state index is 12.1. The molecule has 0 aromatic rings. The van der Waals surface area contributed by atoms with Crippen LogP contribution in [0.1, 0.15) is 52.9 Å². The molecule has 1 saturated carbocycles. The van der Waals surface area contributed by atoms with Gasteiger partial charge in [-0.1, -0.05) is 26.7 Å². The van der Waals surface area contributed by atoms with E-state index in [2.05, 4.69) is 26.1 Å². The zero-order chi connectivity index (χ0) is 12.8. The van der Waals surface area contributed by atoms with Gasteiger partial charge in [0.2, 0.25) is 5.91 Å². The van der Waals surface area contributed by atoms with Crippen molar-refractivity contribution in [2.45, 2.75) is 58.9 Å². The van der Waals surface area contributed by atoms with E-state index in [9.17, 15) is 4.79 Å².